The minimum absolute atomic E-state index is 0.188. The Bertz CT molecular complexity index is 115. The lowest BCUT2D eigenvalue weighted by molar-refractivity contribution is 0.0136. The van der Waals surface area contributed by atoms with Crippen LogP contribution >= 0.6 is 0 Å². The summed E-state index contributed by atoms with van der Waals surface area (Å²) < 4.78 is 10.4. The summed E-state index contributed by atoms with van der Waals surface area (Å²) in [6.45, 7) is 8.30. The number of methoxy groups -OCH3 is 2. The van der Waals surface area contributed by atoms with Crippen LogP contribution < -0.4 is 0 Å². The van der Waals surface area contributed by atoms with Crippen LogP contribution in [0, 0.1) is 11.3 Å². The standard InChI is InChI=1S/C11H24O2/c1-10(2)6-7-11(3,8-12-4)9-13-5/h10H,6-9H2,1-5H3. The number of rotatable bonds is 7. The van der Waals surface area contributed by atoms with E-state index in [9.17, 15) is 0 Å². The molecule has 80 valence electrons. The summed E-state index contributed by atoms with van der Waals surface area (Å²) in [4.78, 5) is 0. The molecule has 0 heterocycles. The summed E-state index contributed by atoms with van der Waals surface area (Å²) in [6.07, 6.45) is 2.41. The quantitative estimate of drug-likeness (QED) is 0.611. The van der Waals surface area contributed by atoms with Gasteiger partial charge in [-0.15, -0.1) is 0 Å². The molecule has 0 aromatic heterocycles. The molecule has 0 atom stereocenters. The first-order chi connectivity index (χ1) is 6.04. The van der Waals surface area contributed by atoms with Crippen LogP contribution in [-0.2, 0) is 9.47 Å². The molecule has 0 aromatic carbocycles. The van der Waals surface area contributed by atoms with Crippen LogP contribution in [-0.4, -0.2) is 27.4 Å². The average Bonchev–Trinajstić information content (AvgIpc) is 2.02. The molecule has 0 fully saturated rings. The molecule has 2 heteroatoms. The van der Waals surface area contributed by atoms with Gasteiger partial charge >= 0.3 is 0 Å². The normalized spacial score (nSPS) is 12.5. The number of ether oxygens (including phenoxy) is 2. The van der Waals surface area contributed by atoms with E-state index in [1.54, 1.807) is 14.2 Å². The summed E-state index contributed by atoms with van der Waals surface area (Å²) in [5.41, 5.74) is 0.188. The Hall–Kier alpha value is -0.0800. The van der Waals surface area contributed by atoms with Gasteiger partial charge < -0.3 is 9.47 Å². The highest BCUT2D eigenvalue weighted by Crippen LogP contribution is 2.26. The van der Waals surface area contributed by atoms with Gasteiger partial charge in [0.05, 0.1) is 13.2 Å². The van der Waals surface area contributed by atoms with Gasteiger partial charge in [0, 0.05) is 19.6 Å². The van der Waals surface area contributed by atoms with Crippen LogP contribution in [0.15, 0.2) is 0 Å². The summed E-state index contributed by atoms with van der Waals surface area (Å²) >= 11 is 0. The van der Waals surface area contributed by atoms with Crippen LogP contribution in [0.5, 0.6) is 0 Å². The van der Waals surface area contributed by atoms with Gasteiger partial charge in [-0.1, -0.05) is 27.2 Å². The average molecular weight is 188 g/mol. The van der Waals surface area contributed by atoms with Crippen molar-refractivity contribution in [3.05, 3.63) is 0 Å². The van der Waals surface area contributed by atoms with Gasteiger partial charge in [-0.25, -0.2) is 0 Å². The Morgan fingerprint density at radius 3 is 1.85 bits per heavy atom. The molecule has 0 radical (unpaired) electrons. The predicted molar refractivity (Wildman–Crippen MR) is 55.9 cm³/mol. The van der Waals surface area contributed by atoms with Crippen LogP contribution in [0.25, 0.3) is 0 Å². The maximum Gasteiger partial charge on any atom is 0.0538 e. The van der Waals surface area contributed by atoms with Crippen LogP contribution in [0.1, 0.15) is 33.6 Å². The third kappa shape index (κ3) is 6.05. The third-order valence-electron chi connectivity index (χ3n) is 2.31. The lowest BCUT2D eigenvalue weighted by Gasteiger charge is -2.28. The van der Waals surface area contributed by atoms with Crippen LogP contribution in [0.3, 0.4) is 0 Å². The minimum Gasteiger partial charge on any atom is -0.384 e. The van der Waals surface area contributed by atoms with E-state index in [0.29, 0.717) is 0 Å². The Kier molecular flexibility index (Phi) is 6.35. The molecule has 2 nitrogen and oxygen atoms in total. The molecule has 0 bridgehead atoms. The zero-order valence-corrected chi connectivity index (χ0v) is 9.72. The van der Waals surface area contributed by atoms with E-state index in [1.807, 2.05) is 0 Å². The molecule has 0 aliphatic heterocycles. The lowest BCUT2D eigenvalue weighted by Crippen LogP contribution is -2.28. The molecule has 0 unspecified atom stereocenters. The molecule has 13 heavy (non-hydrogen) atoms. The first-order valence-corrected chi connectivity index (χ1v) is 5.02. The van der Waals surface area contributed by atoms with Crippen molar-refractivity contribution in [1.82, 2.24) is 0 Å². The Labute approximate surface area is 82.6 Å². The lowest BCUT2D eigenvalue weighted by atomic mass is 9.85. The van der Waals surface area contributed by atoms with E-state index in [2.05, 4.69) is 20.8 Å². The maximum atomic E-state index is 5.21. The number of hydrogen-bond acceptors (Lipinski definition) is 2. The summed E-state index contributed by atoms with van der Waals surface area (Å²) in [5, 5.41) is 0. The Morgan fingerprint density at radius 2 is 1.54 bits per heavy atom. The highest BCUT2D eigenvalue weighted by atomic mass is 16.5. The van der Waals surface area contributed by atoms with Gasteiger partial charge in [0.15, 0.2) is 0 Å². The van der Waals surface area contributed by atoms with Gasteiger partial charge in [-0.3, -0.25) is 0 Å². The largest absolute Gasteiger partial charge is 0.384 e. The highest BCUT2D eigenvalue weighted by molar-refractivity contribution is 4.73. The summed E-state index contributed by atoms with van der Waals surface area (Å²) in [5.74, 6) is 0.757. The maximum absolute atomic E-state index is 5.21. The molecule has 0 aliphatic carbocycles. The van der Waals surface area contributed by atoms with Crippen molar-refractivity contribution < 1.29 is 9.47 Å². The molecule has 0 spiro atoms. The zero-order chi connectivity index (χ0) is 10.3. The van der Waals surface area contributed by atoms with E-state index in [1.165, 1.54) is 12.8 Å². The smallest absolute Gasteiger partial charge is 0.0538 e. The Balaban J connectivity index is 3.91. The van der Waals surface area contributed by atoms with Crippen molar-refractivity contribution in [2.24, 2.45) is 11.3 Å². The van der Waals surface area contributed by atoms with E-state index in [4.69, 9.17) is 9.47 Å². The van der Waals surface area contributed by atoms with Gasteiger partial charge in [0.2, 0.25) is 0 Å². The molecule has 0 N–H and O–H groups in total. The van der Waals surface area contributed by atoms with Crippen molar-refractivity contribution in [2.75, 3.05) is 27.4 Å². The third-order valence-corrected chi connectivity index (χ3v) is 2.31. The molecule has 0 aromatic rings. The fourth-order valence-electron chi connectivity index (χ4n) is 1.52. The van der Waals surface area contributed by atoms with Gasteiger partial charge in [0.1, 0.15) is 0 Å². The predicted octanol–water partition coefficient (Wildman–Crippen LogP) is 2.72. The van der Waals surface area contributed by atoms with Gasteiger partial charge in [0.25, 0.3) is 0 Å². The van der Waals surface area contributed by atoms with Gasteiger partial charge in [-0.05, 0) is 12.3 Å². The molecule has 0 amide bonds. The molecule has 0 saturated carbocycles. The zero-order valence-electron chi connectivity index (χ0n) is 9.72. The number of hydrogen-bond donors (Lipinski definition) is 0. The first kappa shape index (κ1) is 12.9. The van der Waals surface area contributed by atoms with E-state index >= 15 is 0 Å². The SMILES string of the molecule is COCC(C)(CCC(C)C)COC. The van der Waals surface area contributed by atoms with E-state index in [0.717, 1.165) is 19.1 Å². The second-order valence-electron chi connectivity index (χ2n) is 4.61. The van der Waals surface area contributed by atoms with Crippen molar-refractivity contribution in [2.45, 2.75) is 33.6 Å². The summed E-state index contributed by atoms with van der Waals surface area (Å²) in [7, 11) is 3.51. The van der Waals surface area contributed by atoms with Crippen LogP contribution in [0.2, 0.25) is 0 Å². The monoisotopic (exact) mass is 188 g/mol. The van der Waals surface area contributed by atoms with Crippen molar-refractivity contribution in [3.63, 3.8) is 0 Å². The molecule has 0 rings (SSSR count). The summed E-state index contributed by atoms with van der Waals surface area (Å²) in [6, 6.07) is 0. The second kappa shape index (κ2) is 6.39. The van der Waals surface area contributed by atoms with E-state index in [-0.39, 0.29) is 5.41 Å². The molecule has 0 saturated heterocycles. The fourth-order valence-corrected chi connectivity index (χ4v) is 1.52. The molecular formula is C11H24O2. The highest BCUT2D eigenvalue weighted by Gasteiger charge is 2.24. The molecule has 0 aliphatic rings. The van der Waals surface area contributed by atoms with Crippen LogP contribution in [0.4, 0.5) is 0 Å². The van der Waals surface area contributed by atoms with Crippen molar-refractivity contribution >= 4 is 0 Å². The van der Waals surface area contributed by atoms with Crippen molar-refractivity contribution in [1.29, 1.82) is 0 Å². The molecular weight excluding hydrogens is 164 g/mol. The first-order valence-electron chi connectivity index (χ1n) is 5.02. The second-order valence-corrected chi connectivity index (χ2v) is 4.61. The topological polar surface area (TPSA) is 18.5 Å². The van der Waals surface area contributed by atoms with Crippen molar-refractivity contribution in [3.8, 4) is 0 Å². The van der Waals surface area contributed by atoms with E-state index < -0.39 is 0 Å². The van der Waals surface area contributed by atoms with Gasteiger partial charge in [-0.2, -0.15) is 0 Å². The Morgan fingerprint density at radius 1 is 1.08 bits per heavy atom. The fraction of sp³-hybridized carbons (Fsp3) is 1.00. The minimum atomic E-state index is 0.188.